The van der Waals surface area contributed by atoms with Crippen LogP contribution in [0.1, 0.15) is 33.4 Å². The van der Waals surface area contributed by atoms with Gasteiger partial charge >= 0.3 is 6.18 Å². The summed E-state index contributed by atoms with van der Waals surface area (Å²) in [4.78, 5) is 19.3. The molecule has 0 bridgehead atoms. The van der Waals surface area contributed by atoms with E-state index in [-0.39, 0.29) is 17.0 Å². The standard InChI is InChI=1S/C14H9F3N2O2S/c1-6-5-9(21-7(6)2)11(20)10-12-8(3-4-22-12)18-13(19-10)14(15,16)17/h3-5H,1-2H3. The summed E-state index contributed by atoms with van der Waals surface area (Å²) < 4.78 is 44.2. The number of fused-ring (bicyclic) bond motifs is 1. The lowest BCUT2D eigenvalue weighted by Crippen LogP contribution is -2.15. The minimum atomic E-state index is -4.72. The lowest BCUT2D eigenvalue weighted by molar-refractivity contribution is -0.144. The predicted molar refractivity (Wildman–Crippen MR) is 74.0 cm³/mol. The van der Waals surface area contributed by atoms with Gasteiger partial charge in [-0.25, -0.2) is 9.97 Å². The average molecular weight is 326 g/mol. The molecule has 0 aliphatic rings. The van der Waals surface area contributed by atoms with Crippen LogP contribution in [0.5, 0.6) is 0 Å². The number of thiophene rings is 1. The van der Waals surface area contributed by atoms with E-state index in [2.05, 4.69) is 9.97 Å². The summed E-state index contributed by atoms with van der Waals surface area (Å²) in [5, 5.41) is 1.56. The van der Waals surface area contributed by atoms with Gasteiger partial charge in [-0.15, -0.1) is 11.3 Å². The summed E-state index contributed by atoms with van der Waals surface area (Å²) in [6.45, 7) is 3.42. The molecule has 0 aliphatic carbocycles. The summed E-state index contributed by atoms with van der Waals surface area (Å²) in [6, 6.07) is 2.92. The summed E-state index contributed by atoms with van der Waals surface area (Å²) in [6.07, 6.45) is -4.72. The lowest BCUT2D eigenvalue weighted by Gasteiger charge is -2.07. The second-order valence-electron chi connectivity index (χ2n) is 4.71. The SMILES string of the molecule is Cc1cc(C(=O)c2nc(C(F)(F)F)nc3ccsc23)oc1C. The minimum Gasteiger partial charge on any atom is -0.458 e. The predicted octanol–water partition coefficient (Wildman–Crippen LogP) is 4.15. The molecule has 3 aromatic heterocycles. The molecule has 0 atom stereocenters. The van der Waals surface area contributed by atoms with E-state index in [1.807, 2.05) is 0 Å². The maximum absolute atomic E-state index is 12.9. The Morgan fingerprint density at radius 3 is 2.59 bits per heavy atom. The molecule has 0 radical (unpaired) electrons. The Balaban J connectivity index is 2.20. The number of halogens is 3. The number of carbonyl (C=O) groups is 1. The molecule has 0 spiro atoms. The molecule has 0 saturated heterocycles. The second-order valence-corrected chi connectivity index (χ2v) is 5.62. The molecule has 0 unspecified atom stereocenters. The number of aromatic nitrogens is 2. The Bertz CT molecular complexity index is 860. The quantitative estimate of drug-likeness (QED) is 0.664. The number of hydrogen-bond donors (Lipinski definition) is 0. The molecule has 0 aromatic carbocycles. The number of ketones is 1. The van der Waals surface area contributed by atoms with Crippen molar-refractivity contribution in [1.82, 2.24) is 9.97 Å². The van der Waals surface area contributed by atoms with Crippen molar-refractivity contribution >= 4 is 27.3 Å². The highest BCUT2D eigenvalue weighted by molar-refractivity contribution is 7.17. The first-order chi connectivity index (χ1) is 10.3. The Morgan fingerprint density at radius 2 is 2.00 bits per heavy atom. The van der Waals surface area contributed by atoms with Gasteiger partial charge in [-0.3, -0.25) is 4.79 Å². The van der Waals surface area contributed by atoms with E-state index < -0.39 is 17.8 Å². The molecule has 4 nitrogen and oxygen atoms in total. The summed E-state index contributed by atoms with van der Waals surface area (Å²) in [5.41, 5.74) is 0.549. The normalized spacial score (nSPS) is 12.0. The summed E-state index contributed by atoms with van der Waals surface area (Å²) in [7, 11) is 0. The van der Waals surface area contributed by atoms with Gasteiger partial charge in [0.15, 0.2) is 5.76 Å². The van der Waals surface area contributed by atoms with Crippen LogP contribution >= 0.6 is 11.3 Å². The van der Waals surface area contributed by atoms with E-state index in [0.29, 0.717) is 10.5 Å². The molecule has 0 saturated carbocycles. The molecule has 114 valence electrons. The number of rotatable bonds is 2. The largest absolute Gasteiger partial charge is 0.458 e. The maximum atomic E-state index is 12.9. The third kappa shape index (κ3) is 2.39. The van der Waals surface area contributed by atoms with Gasteiger partial charge in [0.25, 0.3) is 0 Å². The van der Waals surface area contributed by atoms with E-state index >= 15 is 0 Å². The molecule has 22 heavy (non-hydrogen) atoms. The fraction of sp³-hybridized carbons (Fsp3) is 0.214. The van der Waals surface area contributed by atoms with Crippen molar-refractivity contribution in [3.63, 3.8) is 0 Å². The van der Waals surface area contributed by atoms with Crippen molar-refractivity contribution < 1.29 is 22.4 Å². The first kappa shape index (κ1) is 14.7. The number of aryl methyl sites for hydroxylation is 2. The third-order valence-corrected chi connectivity index (χ3v) is 4.07. The molecule has 3 heterocycles. The highest BCUT2D eigenvalue weighted by Crippen LogP contribution is 2.31. The van der Waals surface area contributed by atoms with Gasteiger partial charge in [0.2, 0.25) is 11.6 Å². The molecule has 0 aliphatic heterocycles. The Hall–Kier alpha value is -2.22. The van der Waals surface area contributed by atoms with Crippen molar-refractivity contribution in [2.75, 3.05) is 0 Å². The van der Waals surface area contributed by atoms with Crippen LogP contribution in [0.15, 0.2) is 21.9 Å². The Labute approximate surface area is 126 Å². The van der Waals surface area contributed by atoms with E-state index in [1.165, 1.54) is 12.1 Å². The molecule has 0 fully saturated rings. The van der Waals surface area contributed by atoms with Crippen LogP contribution in [0.2, 0.25) is 0 Å². The highest BCUT2D eigenvalue weighted by Gasteiger charge is 2.36. The first-order valence-electron chi connectivity index (χ1n) is 6.21. The number of carbonyl (C=O) groups excluding carboxylic acids is 1. The maximum Gasteiger partial charge on any atom is 0.451 e. The van der Waals surface area contributed by atoms with E-state index in [9.17, 15) is 18.0 Å². The fourth-order valence-corrected chi connectivity index (χ4v) is 2.76. The first-order valence-corrected chi connectivity index (χ1v) is 7.09. The van der Waals surface area contributed by atoms with Crippen LogP contribution < -0.4 is 0 Å². The smallest absolute Gasteiger partial charge is 0.451 e. The van der Waals surface area contributed by atoms with Gasteiger partial charge in [-0.05, 0) is 36.9 Å². The van der Waals surface area contributed by atoms with Crippen LogP contribution in [-0.2, 0) is 6.18 Å². The van der Waals surface area contributed by atoms with Gasteiger partial charge in [0.1, 0.15) is 11.5 Å². The molecule has 0 N–H and O–H groups in total. The topological polar surface area (TPSA) is 56.0 Å². The molecular formula is C14H9F3N2O2S. The van der Waals surface area contributed by atoms with Crippen molar-refractivity contribution in [1.29, 1.82) is 0 Å². The third-order valence-electron chi connectivity index (χ3n) is 3.16. The van der Waals surface area contributed by atoms with Gasteiger partial charge in [-0.1, -0.05) is 0 Å². The van der Waals surface area contributed by atoms with Crippen molar-refractivity contribution in [3.8, 4) is 0 Å². The monoisotopic (exact) mass is 326 g/mol. The summed E-state index contributed by atoms with van der Waals surface area (Å²) in [5.74, 6) is -1.51. The van der Waals surface area contributed by atoms with Crippen LogP contribution in [-0.4, -0.2) is 15.8 Å². The van der Waals surface area contributed by atoms with Crippen molar-refractivity contribution in [2.45, 2.75) is 20.0 Å². The zero-order chi connectivity index (χ0) is 16.1. The van der Waals surface area contributed by atoms with E-state index in [4.69, 9.17) is 4.42 Å². The summed E-state index contributed by atoms with van der Waals surface area (Å²) >= 11 is 1.11. The molecule has 0 amide bonds. The molecular weight excluding hydrogens is 317 g/mol. The number of nitrogens with zero attached hydrogens (tertiary/aromatic N) is 2. The van der Waals surface area contributed by atoms with Crippen LogP contribution in [0.25, 0.3) is 10.2 Å². The number of furan rings is 1. The minimum absolute atomic E-state index is 0.0310. The molecule has 8 heteroatoms. The van der Waals surface area contributed by atoms with E-state index in [0.717, 1.165) is 16.9 Å². The highest BCUT2D eigenvalue weighted by atomic mass is 32.1. The van der Waals surface area contributed by atoms with Crippen LogP contribution in [0.3, 0.4) is 0 Å². The number of hydrogen-bond acceptors (Lipinski definition) is 5. The second kappa shape index (κ2) is 4.91. The van der Waals surface area contributed by atoms with Gasteiger partial charge in [0, 0.05) is 0 Å². The Kier molecular flexibility index (Phi) is 3.28. The fourth-order valence-electron chi connectivity index (χ4n) is 1.95. The van der Waals surface area contributed by atoms with Crippen molar-refractivity contribution in [3.05, 3.63) is 46.1 Å². The Morgan fingerprint density at radius 1 is 1.27 bits per heavy atom. The lowest BCUT2D eigenvalue weighted by atomic mass is 10.2. The van der Waals surface area contributed by atoms with Crippen LogP contribution in [0, 0.1) is 13.8 Å². The molecule has 3 aromatic rings. The van der Waals surface area contributed by atoms with Crippen molar-refractivity contribution in [2.24, 2.45) is 0 Å². The van der Waals surface area contributed by atoms with Crippen LogP contribution in [0.4, 0.5) is 13.2 Å². The van der Waals surface area contributed by atoms with Gasteiger partial charge in [-0.2, -0.15) is 13.2 Å². The van der Waals surface area contributed by atoms with Gasteiger partial charge < -0.3 is 4.42 Å². The number of alkyl halides is 3. The zero-order valence-electron chi connectivity index (χ0n) is 11.5. The van der Waals surface area contributed by atoms with E-state index in [1.54, 1.807) is 19.2 Å². The zero-order valence-corrected chi connectivity index (χ0v) is 12.3. The van der Waals surface area contributed by atoms with Gasteiger partial charge in [0.05, 0.1) is 10.2 Å². The molecule has 3 rings (SSSR count). The average Bonchev–Trinajstić information content (AvgIpc) is 3.03.